The summed E-state index contributed by atoms with van der Waals surface area (Å²) in [6, 6.07) is 6.20. The lowest BCUT2D eigenvalue weighted by Crippen LogP contribution is -2.44. The topological polar surface area (TPSA) is 54.6 Å². The number of hydrogen-bond donors (Lipinski definition) is 2. The molecule has 0 aliphatic rings. The molecule has 172 valence electrons. The SMILES string of the molecule is CCN(CC)CCCNC(=S)N(CCN(C)C)Cc1cc2c(C)cc(C)cc2[nH]c1=O. The Morgan fingerprint density at radius 1 is 1.06 bits per heavy atom. The highest BCUT2D eigenvalue weighted by Crippen LogP contribution is 2.19. The number of aromatic amines is 1. The molecular weight excluding hydrogens is 406 g/mol. The van der Waals surface area contributed by atoms with E-state index in [-0.39, 0.29) is 5.56 Å². The Bertz CT molecular complexity index is 920. The molecule has 0 atom stereocenters. The zero-order valence-corrected chi connectivity index (χ0v) is 20.9. The van der Waals surface area contributed by atoms with Crippen LogP contribution < -0.4 is 10.9 Å². The van der Waals surface area contributed by atoms with E-state index in [1.54, 1.807) is 0 Å². The quantitative estimate of drug-likeness (QED) is 0.409. The molecule has 1 heterocycles. The minimum atomic E-state index is -0.0447. The molecule has 0 saturated carbocycles. The average molecular weight is 446 g/mol. The first-order valence-electron chi connectivity index (χ1n) is 11.3. The Hall–Kier alpha value is -1.96. The van der Waals surface area contributed by atoms with E-state index in [4.69, 9.17) is 12.2 Å². The number of nitrogens with one attached hydrogen (secondary N) is 2. The van der Waals surface area contributed by atoms with Gasteiger partial charge in [-0.25, -0.2) is 0 Å². The second kappa shape index (κ2) is 12.2. The van der Waals surface area contributed by atoms with Gasteiger partial charge in [0, 0.05) is 36.1 Å². The van der Waals surface area contributed by atoms with Crippen molar-refractivity contribution >= 4 is 28.2 Å². The number of thiocarbonyl (C=S) groups is 1. The molecule has 2 aromatic rings. The van der Waals surface area contributed by atoms with E-state index < -0.39 is 0 Å². The molecule has 6 nitrogen and oxygen atoms in total. The summed E-state index contributed by atoms with van der Waals surface area (Å²) in [4.78, 5) is 22.5. The fourth-order valence-corrected chi connectivity index (χ4v) is 4.02. The van der Waals surface area contributed by atoms with Gasteiger partial charge in [0.1, 0.15) is 0 Å². The smallest absolute Gasteiger partial charge is 0.253 e. The molecule has 0 aliphatic heterocycles. The van der Waals surface area contributed by atoms with Gasteiger partial charge < -0.3 is 25.0 Å². The van der Waals surface area contributed by atoms with Gasteiger partial charge in [0.15, 0.2) is 5.11 Å². The van der Waals surface area contributed by atoms with Crippen LogP contribution in [-0.2, 0) is 6.54 Å². The Balaban J connectivity index is 2.13. The largest absolute Gasteiger partial charge is 0.363 e. The van der Waals surface area contributed by atoms with Crippen molar-refractivity contribution in [2.75, 3.05) is 53.4 Å². The van der Waals surface area contributed by atoms with Crippen LogP contribution in [-0.4, -0.2) is 78.2 Å². The summed E-state index contributed by atoms with van der Waals surface area (Å²) in [5, 5.41) is 5.20. The fraction of sp³-hybridized carbons (Fsp3) is 0.583. The highest BCUT2D eigenvalue weighted by atomic mass is 32.1. The lowest BCUT2D eigenvalue weighted by Gasteiger charge is -2.27. The minimum Gasteiger partial charge on any atom is -0.363 e. The molecule has 1 aromatic carbocycles. The van der Waals surface area contributed by atoms with Gasteiger partial charge in [-0.3, -0.25) is 4.79 Å². The van der Waals surface area contributed by atoms with Crippen LogP contribution in [0.2, 0.25) is 0 Å². The maximum atomic E-state index is 12.8. The summed E-state index contributed by atoms with van der Waals surface area (Å²) in [5.41, 5.74) is 3.91. The van der Waals surface area contributed by atoms with Crippen LogP contribution in [0.3, 0.4) is 0 Å². The van der Waals surface area contributed by atoms with Gasteiger partial charge in [-0.2, -0.15) is 0 Å². The Morgan fingerprint density at radius 3 is 2.42 bits per heavy atom. The second-order valence-electron chi connectivity index (χ2n) is 8.50. The third kappa shape index (κ3) is 7.59. The van der Waals surface area contributed by atoms with E-state index in [1.165, 1.54) is 5.56 Å². The van der Waals surface area contributed by atoms with Crippen molar-refractivity contribution in [2.24, 2.45) is 0 Å². The number of aryl methyl sites for hydroxylation is 2. The summed E-state index contributed by atoms with van der Waals surface area (Å²) in [5.74, 6) is 0. The van der Waals surface area contributed by atoms with E-state index in [0.717, 1.165) is 67.7 Å². The lowest BCUT2D eigenvalue weighted by atomic mass is 10.0. The van der Waals surface area contributed by atoms with Gasteiger partial charge in [-0.1, -0.05) is 19.9 Å². The average Bonchev–Trinajstić information content (AvgIpc) is 2.71. The van der Waals surface area contributed by atoms with Gasteiger partial charge in [0.05, 0.1) is 6.54 Å². The Morgan fingerprint density at radius 2 is 1.77 bits per heavy atom. The summed E-state index contributed by atoms with van der Waals surface area (Å²) < 4.78 is 0. The first-order chi connectivity index (χ1) is 14.7. The fourth-order valence-electron chi connectivity index (χ4n) is 3.76. The van der Waals surface area contributed by atoms with Crippen LogP contribution >= 0.6 is 12.2 Å². The lowest BCUT2D eigenvalue weighted by molar-refractivity contribution is 0.297. The number of fused-ring (bicyclic) bond motifs is 1. The molecule has 0 spiro atoms. The summed E-state index contributed by atoms with van der Waals surface area (Å²) in [6.07, 6.45) is 1.04. The van der Waals surface area contributed by atoms with Gasteiger partial charge in [0.2, 0.25) is 0 Å². The normalized spacial score (nSPS) is 11.5. The van der Waals surface area contributed by atoms with Crippen LogP contribution in [0.15, 0.2) is 23.0 Å². The number of aromatic nitrogens is 1. The standard InChI is InChI=1S/C24H39N5OS/c1-7-28(8-2)11-9-10-25-24(31)29(13-12-27(5)6)17-20-16-21-19(4)14-18(3)15-22(21)26-23(20)30/h14-16H,7-13,17H2,1-6H3,(H,25,31)(H,26,30). The molecular formula is C24H39N5OS. The van der Waals surface area contributed by atoms with Gasteiger partial charge >= 0.3 is 0 Å². The van der Waals surface area contributed by atoms with E-state index in [1.807, 2.05) is 33.2 Å². The maximum absolute atomic E-state index is 12.8. The van der Waals surface area contributed by atoms with E-state index in [2.05, 4.69) is 51.8 Å². The van der Waals surface area contributed by atoms with Crippen LogP contribution in [0.4, 0.5) is 0 Å². The van der Waals surface area contributed by atoms with Crippen molar-refractivity contribution in [1.82, 2.24) is 25.0 Å². The molecule has 0 aliphatic carbocycles. The van der Waals surface area contributed by atoms with Gasteiger partial charge in [-0.15, -0.1) is 0 Å². The Labute approximate surface area is 192 Å². The highest BCUT2D eigenvalue weighted by molar-refractivity contribution is 7.80. The number of hydrogen-bond acceptors (Lipinski definition) is 4. The molecule has 1 aromatic heterocycles. The van der Waals surface area contributed by atoms with Crippen molar-refractivity contribution in [1.29, 1.82) is 0 Å². The van der Waals surface area contributed by atoms with Crippen LogP contribution in [0.5, 0.6) is 0 Å². The van der Waals surface area contributed by atoms with E-state index in [9.17, 15) is 4.79 Å². The zero-order valence-electron chi connectivity index (χ0n) is 20.0. The van der Waals surface area contributed by atoms with E-state index in [0.29, 0.717) is 11.7 Å². The molecule has 0 amide bonds. The predicted molar refractivity (Wildman–Crippen MR) is 136 cm³/mol. The summed E-state index contributed by atoms with van der Waals surface area (Å²) >= 11 is 5.71. The van der Waals surface area contributed by atoms with Crippen molar-refractivity contribution in [3.8, 4) is 0 Å². The molecule has 0 bridgehead atoms. The maximum Gasteiger partial charge on any atom is 0.253 e. The third-order valence-electron chi connectivity index (χ3n) is 5.68. The molecule has 2 N–H and O–H groups in total. The monoisotopic (exact) mass is 445 g/mol. The molecule has 0 unspecified atom stereocenters. The molecule has 7 heteroatoms. The third-order valence-corrected chi connectivity index (χ3v) is 6.08. The predicted octanol–water partition coefficient (Wildman–Crippen LogP) is 3.11. The summed E-state index contributed by atoms with van der Waals surface area (Å²) in [6.45, 7) is 14.7. The minimum absolute atomic E-state index is 0.0447. The van der Waals surface area contributed by atoms with E-state index >= 15 is 0 Å². The number of H-pyrrole nitrogens is 1. The number of pyridine rings is 1. The molecule has 0 fully saturated rings. The van der Waals surface area contributed by atoms with Gasteiger partial charge in [0.25, 0.3) is 5.56 Å². The molecule has 0 saturated heterocycles. The van der Waals surface area contributed by atoms with Crippen LogP contribution in [0.25, 0.3) is 10.9 Å². The second-order valence-corrected chi connectivity index (χ2v) is 8.89. The highest BCUT2D eigenvalue weighted by Gasteiger charge is 2.14. The number of rotatable bonds is 11. The van der Waals surface area contributed by atoms with Crippen molar-refractivity contribution in [2.45, 2.75) is 40.7 Å². The molecule has 31 heavy (non-hydrogen) atoms. The first kappa shape index (κ1) is 25.3. The Kier molecular flexibility index (Phi) is 9.93. The number of likely N-dealkylation sites (N-methyl/N-ethyl adjacent to an activating group) is 1. The van der Waals surface area contributed by atoms with Crippen molar-refractivity contribution in [3.05, 3.63) is 45.2 Å². The van der Waals surface area contributed by atoms with Crippen LogP contribution in [0.1, 0.15) is 37.0 Å². The van der Waals surface area contributed by atoms with Crippen molar-refractivity contribution < 1.29 is 0 Å². The van der Waals surface area contributed by atoms with Gasteiger partial charge in [-0.05, 0) is 89.5 Å². The van der Waals surface area contributed by atoms with Crippen molar-refractivity contribution in [3.63, 3.8) is 0 Å². The first-order valence-corrected chi connectivity index (χ1v) is 11.7. The number of nitrogens with zero attached hydrogens (tertiary/aromatic N) is 3. The number of benzene rings is 1. The molecule has 0 radical (unpaired) electrons. The van der Waals surface area contributed by atoms with Crippen LogP contribution in [0, 0.1) is 13.8 Å². The summed E-state index contributed by atoms with van der Waals surface area (Å²) in [7, 11) is 4.10. The molecule has 2 rings (SSSR count). The zero-order chi connectivity index (χ0) is 23.0.